The third-order valence-corrected chi connectivity index (χ3v) is 3.07. The van der Waals surface area contributed by atoms with Crippen LogP contribution < -0.4 is 5.56 Å². The Kier molecular flexibility index (Phi) is 3.26. The molecule has 0 aliphatic carbocycles. The van der Waals surface area contributed by atoms with Crippen LogP contribution in [0.3, 0.4) is 0 Å². The van der Waals surface area contributed by atoms with E-state index in [1.54, 1.807) is 24.5 Å². The molecule has 3 aromatic rings. The van der Waals surface area contributed by atoms with Gasteiger partial charge in [-0.25, -0.2) is 4.98 Å². The van der Waals surface area contributed by atoms with Gasteiger partial charge in [-0.3, -0.25) is 9.36 Å². The Morgan fingerprint density at radius 2 is 1.95 bits per heavy atom. The van der Waals surface area contributed by atoms with E-state index in [0.29, 0.717) is 10.7 Å². The highest BCUT2D eigenvalue weighted by atomic mass is 35.5. The lowest BCUT2D eigenvalue weighted by molar-refractivity contribution is 0.936. The molecular formula is C14H9ClN4O. The fourth-order valence-electron chi connectivity index (χ4n) is 1.93. The van der Waals surface area contributed by atoms with Gasteiger partial charge >= 0.3 is 0 Å². The number of nitrogens with zero attached hydrogens (tertiary/aromatic N) is 4. The largest absolute Gasteiger partial charge is 0.269 e. The Bertz CT molecular complexity index is 802. The minimum Gasteiger partial charge on any atom is -0.269 e. The summed E-state index contributed by atoms with van der Waals surface area (Å²) in [5.41, 5.74) is 2.16. The summed E-state index contributed by atoms with van der Waals surface area (Å²) < 4.78 is 1.45. The molecule has 0 radical (unpaired) electrons. The highest BCUT2D eigenvalue weighted by Crippen LogP contribution is 2.27. The minimum absolute atomic E-state index is 0.175. The molecule has 0 saturated carbocycles. The van der Waals surface area contributed by atoms with Gasteiger partial charge in [0, 0.05) is 28.4 Å². The van der Waals surface area contributed by atoms with Crippen molar-refractivity contribution in [1.29, 1.82) is 0 Å². The minimum atomic E-state index is -0.175. The van der Waals surface area contributed by atoms with Crippen LogP contribution >= 0.6 is 11.6 Å². The summed E-state index contributed by atoms with van der Waals surface area (Å²) in [7, 11) is 0. The van der Waals surface area contributed by atoms with E-state index >= 15 is 0 Å². The first-order chi connectivity index (χ1) is 9.75. The van der Waals surface area contributed by atoms with Crippen molar-refractivity contribution in [3.05, 3.63) is 70.6 Å². The molecule has 5 nitrogen and oxygen atoms in total. The van der Waals surface area contributed by atoms with E-state index in [-0.39, 0.29) is 5.56 Å². The summed E-state index contributed by atoms with van der Waals surface area (Å²) in [6.07, 6.45) is 6.15. The molecule has 98 valence electrons. The normalized spacial score (nSPS) is 10.4. The number of aromatic nitrogens is 4. The van der Waals surface area contributed by atoms with Gasteiger partial charge < -0.3 is 0 Å². The molecular weight excluding hydrogens is 276 g/mol. The Balaban J connectivity index is 2.28. The maximum absolute atomic E-state index is 12.0. The topological polar surface area (TPSA) is 60.7 Å². The number of rotatable bonds is 2. The Hall–Kier alpha value is -2.53. The monoisotopic (exact) mass is 284 g/mol. The van der Waals surface area contributed by atoms with Crippen LogP contribution in [0.1, 0.15) is 0 Å². The van der Waals surface area contributed by atoms with Gasteiger partial charge in [-0.05, 0) is 18.2 Å². The molecule has 0 bridgehead atoms. The lowest BCUT2D eigenvalue weighted by atomic mass is 10.1. The maximum Gasteiger partial charge on any atom is 0.257 e. The molecule has 2 aromatic heterocycles. The van der Waals surface area contributed by atoms with Crippen molar-refractivity contribution in [2.45, 2.75) is 0 Å². The first-order valence-corrected chi connectivity index (χ1v) is 6.23. The van der Waals surface area contributed by atoms with E-state index in [1.807, 2.05) is 12.1 Å². The van der Waals surface area contributed by atoms with Crippen LogP contribution in [0.2, 0.25) is 5.02 Å². The molecule has 0 N–H and O–H groups in total. The van der Waals surface area contributed by atoms with Crippen molar-refractivity contribution >= 4 is 11.6 Å². The molecule has 0 aliphatic heterocycles. The van der Waals surface area contributed by atoms with Crippen LogP contribution in [0, 0.1) is 0 Å². The third-order valence-electron chi connectivity index (χ3n) is 2.84. The highest BCUT2D eigenvalue weighted by Gasteiger charge is 2.09. The Morgan fingerprint density at radius 1 is 1.05 bits per heavy atom. The van der Waals surface area contributed by atoms with E-state index in [9.17, 15) is 4.79 Å². The number of benzene rings is 1. The molecule has 3 rings (SSSR count). The van der Waals surface area contributed by atoms with Crippen LogP contribution in [-0.4, -0.2) is 19.7 Å². The number of hydrogen-bond acceptors (Lipinski definition) is 4. The van der Waals surface area contributed by atoms with Gasteiger partial charge in [0.25, 0.3) is 5.56 Å². The average Bonchev–Trinajstić information content (AvgIpc) is 2.48. The maximum atomic E-state index is 12.0. The van der Waals surface area contributed by atoms with Crippen LogP contribution in [-0.2, 0) is 0 Å². The predicted octanol–water partition coefficient (Wildman–Crippen LogP) is 2.34. The Labute approximate surface area is 119 Å². The molecule has 0 amide bonds. The van der Waals surface area contributed by atoms with E-state index in [1.165, 1.54) is 23.2 Å². The second-order valence-electron chi connectivity index (χ2n) is 4.08. The second kappa shape index (κ2) is 5.22. The zero-order chi connectivity index (χ0) is 13.9. The predicted molar refractivity (Wildman–Crippen MR) is 75.9 cm³/mol. The van der Waals surface area contributed by atoms with E-state index in [0.717, 1.165) is 11.1 Å². The van der Waals surface area contributed by atoms with Crippen molar-refractivity contribution in [2.75, 3.05) is 0 Å². The third kappa shape index (κ3) is 2.31. The molecule has 0 fully saturated rings. The zero-order valence-electron chi connectivity index (χ0n) is 10.3. The number of halogens is 1. The van der Waals surface area contributed by atoms with Crippen LogP contribution in [0.15, 0.2) is 60.0 Å². The Morgan fingerprint density at radius 3 is 2.70 bits per heavy atom. The highest BCUT2D eigenvalue weighted by molar-refractivity contribution is 6.30. The molecule has 1 aromatic carbocycles. The first kappa shape index (κ1) is 12.5. The summed E-state index contributed by atoms with van der Waals surface area (Å²) in [6, 6.07) is 8.55. The molecule has 6 heteroatoms. The molecule has 20 heavy (non-hydrogen) atoms. The molecule has 0 spiro atoms. The van der Waals surface area contributed by atoms with Gasteiger partial charge in [-0.1, -0.05) is 17.7 Å². The summed E-state index contributed by atoms with van der Waals surface area (Å²) in [5, 5.41) is 8.15. The summed E-state index contributed by atoms with van der Waals surface area (Å²) in [6.45, 7) is 0. The van der Waals surface area contributed by atoms with Crippen molar-refractivity contribution in [3.8, 4) is 16.8 Å². The summed E-state index contributed by atoms with van der Waals surface area (Å²) in [4.78, 5) is 15.9. The van der Waals surface area contributed by atoms with Crippen LogP contribution in [0.4, 0.5) is 0 Å². The molecule has 2 heterocycles. The van der Waals surface area contributed by atoms with Gasteiger partial charge in [0.1, 0.15) is 6.33 Å². The van der Waals surface area contributed by atoms with Gasteiger partial charge in [-0.2, -0.15) is 10.2 Å². The van der Waals surface area contributed by atoms with Crippen molar-refractivity contribution in [3.63, 3.8) is 0 Å². The van der Waals surface area contributed by atoms with Gasteiger partial charge in [0.15, 0.2) is 0 Å². The van der Waals surface area contributed by atoms with E-state index < -0.39 is 0 Å². The fourth-order valence-corrected chi connectivity index (χ4v) is 2.09. The van der Waals surface area contributed by atoms with Crippen molar-refractivity contribution in [2.24, 2.45) is 0 Å². The molecule has 0 aliphatic rings. The first-order valence-electron chi connectivity index (χ1n) is 5.85. The lowest BCUT2D eigenvalue weighted by Gasteiger charge is -2.11. The molecule has 0 unspecified atom stereocenters. The van der Waals surface area contributed by atoms with E-state index in [4.69, 9.17) is 11.6 Å². The van der Waals surface area contributed by atoms with E-state index in [2.05, 4.69) is 15.2 Å². The summed E-state index contributed by atoms with van der Waals surface area (Å²) in [5.74, 6) is 0. The van der Waals surface area contributed by atoms with Gasteiger partial charge in [0.05, 0.1) is 18.1 Å². The molecule has 0 atom stereocenters. The van der Waals surface area contributed by atoms with Crippen LogP contribution in [0.25, 0.3) is 16.8 Å². The standard InChI is InChI=1S/C14H9ClN4O/c15-11-1-2-12(10-3-6-17-18-8-10)13(7-11)19-9-16-5-4-14(19)20/h1-9H. The van der Waals surface area contributed by atoms with Gasteiger partial charge in [0.2, 0.25) is 0 Å². The average molecular weight is 285 g/mol. The SMILES string of the molecule is O=c1ccncn1-c1cc(Cl)ccc1-c1ccnnc1. The quantitative estimate of drug-likeness (QED) is 0.725. The van der Waals surface area contributed by atoms with Crippen molar-refractivity contribution < 1.29 is 0 Å². The summed E-state index contributed by atoms with van der Waals surface area (Å²) >= 11 is 6.04. The molecule has 0 saturated heterocycles. The number of hydrogen-bond donors (Lipinski definition) is 0. The smallest absolute Gasteiger partial charge is 0.257 e. The van der Waals surface area contributed by atoms with Gasteiger partial charge in [-0.15, -0.1) is 0 Å². The van der Waals surface area contributed by atoms with Crippen LogP contribution in [0.5, 0.6) is 0 Å². The van der Waals surface area contributed by atoms with Crippen molar-refractivity contribution in [1.82, 2.24) is 19.7 Å². The zero-order valence-corrected chi connectivity index (χ0v) is 11.0. The fraction of sp³-hybridized carbons (Fsp3) is 0. The second-order valence-corrected chi connectivity index (χ2v) is 4.52. The lowest BCUT2D eigenvalue weighted by Crippen LogP contribution is -2.17.